The number of hydrogen-bond donors (Lipinski definition) is 2. The van der Waals surface area contributed by atoms with Gasteiger partial charge in [-0.05, 0) is 29.7 Å². The molecule has 0 spiro atoms. The summed E-state index contributed by atoms with van der Waals surface area (Å²) >= 11 is 0. The Morgan fingerprint density at radius 1 is 1.20 bits per heavy atom. The normalized spacial score (nSPS) is 14.2. The number of aliphatic hydroxyl groups is 1. The second kappa shape index (κ2) is 7.14. The molecule has 0 fully saturated rings. The van der Waals surface area contributed by atoms with Crippen molar-refractivity contribution in [3.8, 4) is 5.75 Å². The second-order valence-corrected chi connectivity index (χ2v) is 5.56. The van der Waals surface area contributed by atoms with Gasteiger partial charge in [-0.1, -0.05) is 6.07 Å². The molecule has 25 heavy (non-hydrogen) atoms. The molecule has 1 aromatic carbocycles. The molecule has 1 aromatic heterocycles. The van der Waals surface area contributed by atoms with Crippen molar-refractivity contribution < 1.29 is 23.0 Å². The molecule has 2 N–H and O–H groups in total. The van der Waals surface area contributed by atoms with Gasteiger partial charge in [-0.2, -0.15) is 0 Å². The summed E-state index contributed by atoms with van der Waals surface area (Å²) in [6.45, 7) is 1.49. The van der Waals surface area contributed by atoms with Crippen molar-refractivity contribution in [3.05, 3.63) is 41.7 Å². The summed E-state index contributed by atoms with van der Waals surface area (Å²) in [6.07, 6.45) is -2.60. The Morgan fingerprint density at radius 2 is 2.04 bits per heavy atom. The lowest BCUT2D eigenvalue weighted by Crippen LogP contribution is -2.31. The van der Waals surface area contributed by atoms with Crippen molar-refractivity contribution in [3.63, 3.8) is 0 Å². The van der Waals surface area contributed by atoms with Gasteiger partial charge in [0.05, 0.1) is 6.61 Å². The molecule has 0 bridgehead atoms. The molecular weight excluding hydrogens is 337 g/mol. The Hall–Kier alpha value is -2.55. The number of alkyl halides is 3. The van der Waals surface area contributed by atoms with Gasteiger partial charge in [0.1, 0.15) is 23.7 Å². The molecule has 0 aliphatic carbocycles. The van der Waals surface area contributed by atoms with Gasteiger partial charge in [-0.15, -0.1) is 13.2 Å². The molecule has 0 atom stereocenters. The van der Waals surface area contributed by atoms with Gasteiger partial charge >= 0.3 is 6.36 Å². The predicted octanol–water partition coefficient (Wildman–Crippen LogP) is 2.34. The van der Waals surface area contributed by atoms with Crippen LogP contribution in [0.5, 0.6) is 5.75 Å². The van der Waals surface area contributed by atoms with Crippen LogP contribution in [-0.4, -0.2) is 41.1 Å². The standard InChI is InChI=1S/C16H17F3N4O2/c17-16(18,19)25-13-2-1-11-3-5-23(9-12(11)7-13)15-8-14(20-4-6-24)21-10-22-15/h1-2,7-8,10,24H,3-6,9H2,(H,20,21,22). The van der Waals surface area contributed by atoms with Crippen molar-refractivity contribution >= 4 is 11.6 Å². The lowest BCUT2D eigenvalue weighted by Gasteiger charge is -2.30. The van der Waals surface area contributed by atoms with Crippen LogP contribution in [0.3, 0.4) is 0 Å². The van der Waals surface area contributed by atoms with Gasteiger partial charge in [0.2, 0.25) is 0 Å². The largest absolute Gasteiger partial charge is 0.573 e. The third kappa shape index (κ3) is 4.50. The Labute approximate surface area is 142 Å². The maximum absolute atomic E-state index is 12.4. The molecule has 9 heteroatoms. The Morgan fingerprint density at radius 3 is 2.80 bits per heavy atom. The third-order valence-electron chi connectivity index (χ3n) is 3.82. The van der Waals surface area contributed by atoms with Crippen LogP contribution < -0.4 is 15.0 Å². The van der Waals surface area contributed by atoms with Gasteiger partial charge in [0.15, 0.2) is 0 Å². The SMILES string of the molecule is OCCNc1cc(N2CCc3ccc(OC(F)(F)F)cc3C2)ncn1. The lowest BCUT2D eigenvalue weighted by molar-refractivity contribution is -0.274. The van der Waals surface area contributed by atoms with E-state index in [9.17, 15) is 13.2 Å². The fourth-order valence-electron chi connectivity index (χ4n) is 2.73. The van der Waals surface area contributed by atoms with E-state index in [0.717, 1.165) is 11.1 Å². The summed E-state index contributed by atoms with van der Waals surface area (Å²) in [5.74, 6) is 1.03. The second-order valence-electron chi connectivity index (χ2n) is 5.56. The van der Waals surface area contributed by atoms with E-state index in [0.29, 0.717) is 37.7 Å². The van der Waals surface area contributed by atoms with Crippen LogP contribution in [-0.2, 0) is 13.0 Å². The van der Waals surface area contributed by atoms with E-state index < -0.39 is 6.36 Å². The summed E-state index contributed by atoms with van der Waals surface area (Å²) in [5.41, 5.74) is 1.77. The maximum atomic E-state index is 12.4. The highest BCUT2D eigenvalue weighted by Gasteiger charge is 2.31. The molecular formula is C16H17F3N4O2. The monoisotopic (exact) mass is 354 g/mol. The van der Waals surface area contributed by atoms with Crippen LogP contribution in [0.25, 0.3) is 0 Å². The first kappa shape index (κ1) is 17.3. The molecule has 6 nitrogen and oxygen atoms in total. The predicted molar refractivity (Wildman–Crippen MR) is 85.5 cm³/mol. The zero-order valence-corrected chi connectivity index (χ0v) is 13.3. The van der Waals surface area contributed by atoms with E-state index >= 15 is 0 Å². The minimum atomic E-state index is -4.71. The number of ether oxygens (including phenoxy) is 1. The Kier molecular flexibility index (Phi) is 4.93. The van der Waals surface area contributed by atoms with E-state index in [1.165, 1.54) is 18.5 Å². The first-order valence-corrected chi connectivity index (χ1v) is 7.74. The van der Waals surface area contributed by atoms with Gasteiger partial charge < -0.3 is 20.1 Å². The molecule has 2 heterocycles. The summed E-state index contributed by atoms with van der Waals surface area (Å²) in [4.78, 5) is 10.3. The van der Waals surface area contributed by atoms with Crippen molar-refractivity contribution in [1.82, 2.24) is 9.97 Å². The van der Waals surface area contributed by atoms with Crippen LogP contribution in [0, 0.1) is 0 Å². The van der Waals surface area contributed by atoms with Crippen molar-refractivity contribution in [2.45, 2.75) is 19.3 Å². The number of aliphatic hydroxyl groups excluding tert-OH is 1. The van der Waals surface area contributed by atoms with E-state index in [2.05, 4.69) is 20.0 Å². The molecule has 1 aliphatic heterocycles. The summed E-state index contributed by atoms with van der Waals surface area (Å²) in [5, 5.41) is 11.8. The minimum Gasteiger partial charge on any atom is -0.406 e. The van der Waals surface area contributed by atoms with E-state index in [-0.39, 0.29) is 12.4 Å². The zero-order chi connectivity index (χ0) is 17.9. The summed E-state index contributed by atoms with van der Waals surface area (Å²) in [7, 11) is 0. The van der Waals surface area contributed by atoms with E-state index in [1.807, 2.05) is 4.90 Å². The van der Waals surface area contributed by atoms with Crippen molar-refractivity contribution in [1.29, 1.82) is 0 Å². The van der Waals surface area contributed by atoms with E-state index in [4.69, 9.17) is 5.11 Å². The average molecular weight is 354 g/mol. The van der Waals surface area contributed by atoms with Gasteiger partial charge in [-0.3, -0.25) is 0 Å². The number of fused-ring (bicyclic) bond motifs is 1. The van der Waals surface area contributed by atoms with Crippen LogP contribution in [0.15, 0.2) is 30.6 Å². The molecule has 3 rings (SSSR count). The lowest BCUT2D eigenvalue weighted by atomic mass is 9.99. The summed E-state index contributed by atoms with van der Waals surface area (Å²) < 4.78 is 41.2. The van der Waals surface area contributed by atoms with Crippen LogP contribution in [0.4, 0.5) is 24.8 Å². The molecule has 0 unspecified atom stereocenters. The number of anilines is 2. The van der Waals surface area contributed by atoms with Gasteiger partial charge in [-0.25, -0.2) is 9.97 Å². The van der Waals surface area contributed by atoms with Crippen molar-refractivity contribution in [2.75, 3.05) is 29.9 Å². The highest BCUT2D eigenvalue weighted by atomic mass is 19.4. The molecule has 134 valence electrons. The smallest absolute Gasteiger partial charge is 0.406 e. The number of hydrogen-bond acceptors (Lipinski definition) is 6. The molecule has 0 saturated carbocycles. The highest BCUT2D eigenvalue weighted by Crippen LogP contribution is 2.29. The Bertz CT molecular complexity index is 740. The third-order valence-corrected chi connectivity index (χ3v) is 3.82. The number of benzene rings is 1. The average Bonchev–Trinajstić information content (AvgIpc) is 2.58. The highest BCUT2D eigenvalue weighted by molar-refractivity contribution is 5.51. The van der Waals surface area contributed by atoms with Crippen LogP contribution >= 0.6 is 0 Å². The molecule has 0 saturated heterocycles. The molecule has 0 radical (unpaired) electrons. The number of aromatic nitrogens is 2. The fourth-order valence-corrected chi connectivity index (χ4v) is 2.73. The minimum absolute atomic E-state index is 0.0155. The number of halogens is 3. The first-order valence-electron chi connectivity index (χ1n) is 7.74. The van der Waals surface area contributed by atoms with Crippen LogP contribution in [0.2, 0.25) is 0 Å². The quantitative estimate of drug-likeness (QED) is 0.859. The molecule has 2 aromatic rings. The number of rotatable bonds is 5. The summed E-state index contributed by atoms with van der Waals surface area (Å²) in [6, 6.07) is 6.17. The Balaban J connectivity index is 1.77. The van der Waals surface area contributed by atoms with Gasteiger partial charge in [0, 0.05) is 25.7 Å². The van der Waals surface area contributed by atoms with Crippen LogP contribution in [0.1, 0.15) is 11.1 Å². The van der Waals surface area contributed by atoms with Crippen molar-refractivity contribution in [2.24, 2.45) is 0 Å². The topological polar surface area (TPSA) is 70.5 Å². The zero-order valence-electron chi connectivity index (χ0n) is 13.3. The molecule has 1 aliphatic rings. The van der Waals surface area contributed by atoms with Gasteiger partial charge in [0.25, 0.3) is 0 Å². The maximum Gasteiger partial charge on any atom is 0.573 e. The fraction of sp³-hybridized carbons (Fsp3) is 0.375. The first-order chi connectivity index (χ1) is 11.9. The number of nitrogens with zero attached hydrogens (tertiary/aromatic N) is 3. The number of nitrogens with one attached hydrogen (secondary N) is 1. The molecule has 0 amide bonds. The van der Waals surface area contributed by atoms with E-state index in [1.54, 1.807) is 12.1 Å².